The lowest BCUT2D eigenvalue weighted by Crippen LogP contribution is -2.48. The number of carbonyl (C=O) groups excluding carboxylic acids is 1. The van der Waals surface area contributed by atoms with E-state index in [9.17, 15) is 13.2 Å². The van der Waals surface area contributed by atoms with Crippen molar-refractivity contribution >= 4 is 15.8 Å². The summed E-state index contributed by atoms with van der Waals surface area (Å²) in [6.45, 7) is 3.88. The third kappa shape index (κ3) is 4.04. The Labute approximate surface area is 125 Å². The van der Waals surface area contributed by atoms with E-state index < -0.39 is 21.4 Å². The molecule has 5 nitrogen and oxygen atoms in total. The summed E-state index contributed by atoms with van der Waals surface area (Å²) in [7, 11) is -3.03. The first-order valence-corrected chi connectivity index (χ1v) is 8.87. The fourth-order valence-electron chi connectivity index (χ4n) is 2.62. The minimum atomic E-state index is -3.03. The summed E-state index contributed by atoms with van der Waals surface area (Å²) >= 11 is 0. The van der Waals surface area contributed by atoms with Gasteiger partial charge in [0.25, 0.3) is 0 Å². The Morgan fingerprint density at radius 3 is 2.57 bits per heavy atom. The number of rotatable bonds is 5. The highest BCUT2D eigenvalue weighted by atomic mass is 32.2. The summed E-state index contributed by atoms with van der Waals surface area (Å²) in [5.74, 6) is -0.182. The van der Waals surface area contributed by atoms with E-state index in [1.807, 2.05) is 37.3 Å². The van der Waals surface area contributed by atoms with Crippen LogP contribution in [-0.2, 0) is 19.4 Å². The smallest absolute Gasteiger partial charge is 0.327 e. The van der Waals surface area contributed by atoms with Crippen molar-refractivity contribution in [2.75, 3.05) is 18.1 Å². The maximum absolute atomic E-state index is 12.2. The second kappa shape index (κ2) is 6.15. The molecule has 0 spiro atoms. The summed E-state index contributed by atoms with van der Waals surface area (Å²) in [5, 5.41) is 3.20. The van der Waals surface area contributed by atoms with Crippen LogP contribution in [0.5, 0.6) is 0 Å². The second-order valence-electron chi connectivity index (χ2n) is 5.64. The van der Waals surface area contributed by atoms with Gasteiger partial charge in [-0.2, -0.15) is 0 Å². The van der Waals surface area contributed by atoms with Gasteiger partial charge in [-0.1, -0.05) is 30.3 Å². The van der Waals surface area contributed by atoms with Crippen LogP contribution in [0.3, 0.4) is 0 Å². The largest absolute Gasteiger partial charge is 0.465 e. The highest BCUT2D eigenvalue weighted by Crippen LogP contribution is 2.27. The average Bonchev–Trinajstić information content (AvgIpc) is 2.72. The highest BCUT2D eigenvalue weighted by molar-refractivity contribution is 7.91. The molecule has 1 aromatic carbocycles. The molecule has 1 aliphatic heterocycles. The van der Waals surface area contributed by atoms with E-state index in [1.165, 1.54) is 0 Å². The van der Waals surface area contributed by atoms with Crippen molar-refractivity contribution in [1.29, 1.82) is 0 Å². The molecule has 21 heavy (non-hydrogen) atoms. The number of benzene rings is 1. The van der Waals surface area contributed by atoms with Crippen LogP contribution < -0.4 is 5.32 Å². The van der Waals surface area contributed by atoms with Gasteiger partial charge in [0, 0.05) is 5.54 Å². The molecule has 1 saturated heterocycles. The van der Waals surface area contributed by atoms with Crippen LogP contribution in [0.4, 0.5) is 0 Å². The first-order chi connectivity index (χ1) is 9.85. The van der Waals surface area contributed by atoms with Crippen molar-refractivity contribution in [3.8, 4) is 0 Å². The highest BCUT2D eigenvalue weighted by Gasteiger charge is 2.41. The Balaban J connectivity index is 2.23. The van der Waals surface area contributed by atoms with E-state index >= 15 is 0 Å². The van der Waals surface area contributed by atoms with Crippen LogP contribution in [0.2, 0.25) is 0 Å². The Morgan fingerprint density at radius 1 is 1.38 bits per heavy atom. The Morgan fingerprint density at radius 2 is 2.05 bits per heavy atom. The molecule has 0 bridgehead atoms. The van der Waals surface area contributed by atoms with Crippen molar-refractivity contribution in [2.45, 2.75) is 31.8 Å². The van der Waals surface area contributed by atoms with Crippen LogP contribution >= 0.6 is 0 Å². The molecule has 116 valence electrons. The number of nitrogens with one attached hydrogen (secondary N) is 1. The monoisotopic (exact) mass is 311 g/mol. The Bertz CT molecular complexity index is 599. The fourth-order valence-corrected chi connectivity index (χ4v) is 4.73. The SMILES string of the molecule is CCOC(=O)C(NC1(C)CCS(=O)(=O)C1)c1ccccc1. The van der Waals surface area contributed by atoms with Gasteiger partial charge in [-0.3, -0.25) is 5.32 Å². The predicted molar refractivity (Wildman–Crippen MR) is 80.6 cm³/mol. The third-order valence-electron chi connectivity index (χ3n) is 3.65. The summed E-state index contributed by atoms with van der Waals surface area (Å²) in [6, 6.07) is 8.58. The maximum atomic E-state index is 12.2. The molecule has 0 amide bonds. The third-order valence-corrected chi connectivity index (χ3v) is 5.55. The molecule has 1 N–H and O–H groups in total. The second-order valence-corrected chi connectivity index (χ2v) is 7.83. The summed E-state index contributed by atoms with van der Waals surface area (Å²) in [5.41, 5.74) is 0.174. The molecule has 0 aliphatic carbocycles. The molecule has 2 atom stereocenters. The lowest BCUT2D eigenvalue weighted by atomic mass is 9.97. The van der Waals surface area contributed by atoms with Crippen LogP contribution in [0.25, 0.3) is 0 Å². The lowest BCUT2D eigenvalue weighted by molar-refractivity contribution is -0.146. The average molecular weight is 311 g/mol. The van der Waals surface area contributed by atoms with Crippen molar-refractivity contribution in [1.82, 2.24) is 5.32 Å². The van der Waals surface area contributed by atoms with E-state index in [4.69, 9.17) is 4.74 Å². The van der Waals surface area contributed by atoms with Gasteiger partial charge in [0.05, 0.1) is 18.1 Å². The maximum Gasteiger partial charge on any atom is 0.327 e. The number of ether oxygens (including phenoxy) is 1. The minimum Gasteiger partial charge on any atom is -0.465 e. The molecule has 1 fully saturated rings. The Kier molecular flexibility index (Phi) is 4.68. The van der Waals surface area contributed by atoms with Crippen molar-refractivity contribution < 1.29 is 17.9 Å². The van der Waals surface area contributed by atoms with Gasteiger partial charge >= 0.3 is 5.97 Å². The van der Waals surface area contributed by atoms with Gasteiger partial charge in [-0.05, 0) is 25.8 Å². The number of hydrogen-bond donors (Lipinski definition) is 1. The number of esters is 1. The van der Waals surface area contributed by atoms with Crippen molar-refractivity contribution in [3.63, 3.8) is 0 Å². The number of hydrogen-bond acceptors (Lipinski definition) is 5. The molecular weight excluding hydrogens is 290 g/mol. The first kappa shape index (κ1) is 16.0. The van der Waals surface area contributed by atoms with Gasteiger partial charge in [-0.25, -0.2) is 13.2 Å². The summed E-state index contributed by atoms with van der Waals surface area (Å²) in [4.78, 5) is 12.2. The van der Waals surface area contributed by atoms with Gasteiger partial charge in [0.1, 0.15) is 6.04 Å². The van der Waals surface area contributed by atoms with E-state index in [2.05, 4.69) is 5.32 Å². The molecule has 0 saturated carbocycles. The predicted octanol–water partition coefficient (Wildman–Crippen LogP) is 1.46. The quantitative estimate of drug-likeness (QED) is 0.834. The number of sulfone groups is 1. The summed E-state index contributed by atoms with van der Waals surface area (Å²) in [6.07, 6.45) is 0.498. The fraction of sp³-hybridized carbons (Fsp3) is 0.533. The van der Waals surface area contributed by atoms with Gasteiger partial charge < -0.3 is 4.74 Å². The molecule has 1 heterocycles. The Hall–Kier alpha value is -1.40. The van der Waals surface area contributed by atoms with Crippen molar-refractivity contribution in [3.05, 3.63) is 35.9 Å². The van der Waals surface area contributed by atoms with Crippen LogP contribution in [0.1, 0.15) is 31.9 Å². The normalized spacial score (nSPS) is 25.4. The lowest BCUT2D eigenvalue weighted by Gasteiger charge is -2.29. The standard InChI is InChI=1S/C15H21NO4S/c1-3-20-14(17)13(12-7-5-4-6-8-12)16-15(2)9-10-21(18,19)11-15/h4-8,13,16H,3,9-11H2,1-2H3. The van der Waals surface area contributed by atoms with Crippen LogP contribution in [0, 0.1) is 0 Å². The van der Waals surface area contributed by atoms with E-state index in [-0.39, 0.29) is 17.5 Å². The molecule has 0 aromatic heterocycles. The molecule has 2 unspecified atom stereocenters. The molecule has 1 aromatic rings. The zero-order valence-electron chi connectivity index (χ0n) is 12.3. The zero-order chi connectivity index (χ0) is 15.5. The molecule has 1 aliphatic rings. The minimum absolute atomic E-state index is 0.0444. The van der Waals surface area contributed by atoms with Crippen molar-refractivity contribution in [2.24, 2.45) is 0 Å². The molecular formula is C15H21NO4S. The van der Waals surface area contributed by atoms with Gasteiger partial charge in [-0.15, -0.1) is 0 Å². The van der Waals surface area contributed by atoms with Gasteiger partial charge in [0.2, 0.25) is 0 Å². The number of carbonyl (C=O) groups is 1. The van der Waals surface area contributed by atoms with E-state index in [1.54, 1.807) is 6.92 Å². The summed E-state index contributed by atoms with van der Waals surface area (Å²) < 4.78 is 28.5. The van der Waals surface area contributed by atoms with E-state index in [0.29, 0.717) is 13.0 Å². The molecule has 0 radical (unpaired) electrons. The van der Waals surface area contributed by atoms with Crippen LogP contribution in [-0.4, -0.2) is 38.0 Å². The zero-order valence-corrected chi connectivity index (χ0v) is 13.2. The van der Waals surface area contributed by atoms with Gasteiger partial charge in [0.15, 0.2) is 9.84 Å². The van der Waals surface area contributed by atoms with Crippen LogP contribution in [0.15, 0.2) is 30.3 Å². The van der Waals surface area contributed by atoms with E-state index in [0.717, 1.165) is 5.56 Å². The topological polar surface area (TPSA) is 72.5 Å². The first-order valence-electron chi connectivity index (χ1n) is 7.05. The molecule has 2 rings (SSSR count). The molecule has 6 heteroatoms.